The molecule has 1 amide bonds. The van der Waals surface area contributed by atoms with Crippen LogP contribution >= 0.6 is 0 Å². The second kappa shape index (κ2) is 5.11. The summed E-state index contributed by atoms with van der Waals surface area (Å²) in [5.74, 6) is -0.259. The van der Waals surface area contributed by atoms with Crippen LogP contribution in [0.3, 0.4) is 0 Å². The smallest absolute Gasteiger partial charge is 0.275 e. The van der Waals surface area contributed by atoms with Crippen molar-refractivity contribution in [1.29, 1.82) is 0 Å². The average Bonchev–Trinajstić information content (AvgIpc) is 2.38. The molecule has 1 atom stereocenters. The molecule has 1 saturated heterocycles. The summed E-state index contributed by atoms with van der Waals surface area (Å²) in [6.07, 6.45) is 1.53. The number of amides is 1. The highest BCUT2D eigenvalue weighted by atomic mass is 16.5. The van der Waals surface area contributed by atoms with Crippen LogP contribution < -0.4 is 5.73 Å². The zero-order valence-corrected chi connectivity index (χ0v) is 9.37. The predicted octanol–water partition coefficient (Wildman–Crippen LogP) is -0.503. The normalized spacial score (nSPS) is 20.3. The highest BCUT2D eigenvalue weighted by Crippen LogP contribution is 2.15. The van der Waals surface area contributed by atoms with Gasteiger partial charge in [-0.3, -0.25) is 4.79 Å². The SMILES string of the molecule is Nc1cccnc1C(=O)N1CCOCC1CO. The number of pyridine rings is 1. The Morgan fingerprint density at radius 3 is 3.24 bits per heavy atom. The number of nitrogen functional groups attached to an aromatic ring is 1. The Labute approximate surface area is 99.0 Å². The van der Waals surface area contributed by atoms with Gasteiger partial charge in [0.2, 0.25) is 0 Å². The van der Waals surface area contributed by atoms with E-state index in [0.29, 0.717) is 25.4 Å². The van der Waals surface area contributed by atoms with Crippen molar-refractivity contribution in [2.45, 2.75) is 6.04 Å². The van der Waals surface area contributed by atoms with E-state index < -0.39 is 0 Å². The summed E-state index contributed by atoms with van der Waals surface area (Å²) in [5.41, 5.74) is 6.29. The number of aromatic nitrogens is 1. The molecular weight excluding hydrogens is 222 g/mol. The first-order valence-corrected chi connectivity index (χ1v) is 5.44. The van der Waals surface area contributed by atoms with Crippen LogP contribution in [0.15, 0.2) is 18.3 Å². The second-order valence-corrected chi connectivity index (χ2v) is 3.85. The van der Waals surface area contributed by atoms with Gasteiger partial charge in [-0.1, -0.05) is 0 Å². The molecule has 0 aromatic carbocycles. The number of anilines is 1. The third-order valence-electron chi connectivity index (χ3n) is 2.74. The number of morpholine rings is 1. The highest BCUT2D eigenvalue weighted by Gasteiger charge is 2.29. The van der Waals surface area contributed by atoms with Crippen molar-refractivity contribution in [3.05, 3.63) is 24.0 Å². The summed E-state index contributed by atoms with van der Waals surface area (Å²) in [5, 5.41) is 9.20. The molecule has 1 aromatic rings. The number of nitrogens with two attached hydrogens (primary N) is 1. The fourth-order valence-electron chi connectivity index (χ4n) is 1.81. The van der Waals surface area contributed by atoms with Gasteiger partial charge >= 0.3 is 0 Å². The van der Waals surface area contributed by atoms with E-state index in [9.17, 15) is 9.90 Å². The minimum Gasteiger partial charge on any atom is -0.397 e. The molecule has 1 aliphatic rings. The van der Waals surface area contributed by atoms with Crippen LogP contribution in [0.1, 0.15) is 10.5 Å². The number of rotatable bonds is 2. The lowest BCUT2D eigenvalue weighted by atomic mass is 10.2. The number of nitrogens with zero attached hydrogens (tertiary/aromatic N) is 2. The Balaban J connectivity index is 2.21. The van der Waals surface area contributed by atoms with Crippen LogP contribution in [0.25, 0.3) is 0 Å². The monoisotopic (exact) mass is 237 g/mol. The summed E-state index contributed by atoms with van der Waals surface area (Å²) in [6.45, 7) is 1.13. The summed E-state index contributed by atoms with van der Waals surface area (Å²) in [7, 11) is 0. The van der Waals surface area contributed by atoms with Gasteiger partial charge in [0, 0.05) is 12.7 Å². The van der Waals surface area contributed by atoms with Gasteiger partial charge in [-0.25, -0.2) is 4.98 Å². The molecular formula is C11H15N3O3. The number of carbonyl (C=O) groups is 1. The molecule has 0 bridgehead atoms. The van der Waals surface area contributed by atoms with E-state index in [2.05, 4.69) is 4.98 Å². The molecule has 6 nitrogen and oxygen atoms in total. The number of hydrogen-bond acceptors (Lipinski definition) is 5. The molecule has 6 heteroatoms. The van der Waals surface area contributed by atoms with E-state index in [1.807, 2.05) is 0 Å². The van der Waals surface area contributed by atoms with Crippen LogP contribution in [0.5, 0.6) is 0 Å². The first kappa shape index (κ1) is 11.8. The predicted molar refractivity (Wildman–Crippen MR) is 61.4 cm³/mol. The van der Waals surface area contributed by atoms with Crippen molar-refractivity contribution < 1.29 is 14.6 Å². The topological polar surface area (TPSA) is 88.7 Å². The number of carbonyl (C=O) groups excluding carboxylic acids is 1. The fourth-order valence-corrected chi connectivity index (χ4v) is 1.81. The maximum absolute atomic E-state index is 12.2. The maximum atomic E-state index is 12.2. The molecule has 17 heavy (non-hydrogen) atoms. The van der Waals surface area contributed by atoms with E-state index in [0.717, 1.165) is 0 Å². The van der Waals surface area contributed by atoms with Crippen molar-refractivity contribution in [3.8, 4) is 0 Å². The van der Waals surface area contributed by atoms with E-state index in [4.69, 9.17) is 10.5 Å². The molecule has 0 saturated carbocycles. The van der Waals surface area contributed by atoms with E-state index in [1.54, 1.807) is 17.0 Å². The van der Waals surface area contributed by atoms with E-state index >= 15 is 0 Å². The van der Waals surface area contributed by atoms with Crippen LogP contribution in [-0.2, 0) is 4.74 Å². The van der Waals surface area contributed by atoms with Crippen molar-refractivity contribution in [2.75, 3.05) is 32.1 Å². The van der Waals surface area contributed by atoms with Gasteiger partial charge in [0.1, 0.15) is 0 Å². The molecule has 2 heterocycles. The number of aliphatic hydroxyl groups excluding tert-OH is 1. The third-order valence-corrected chi connectivity index (χ3v) is 2.74. The number of hydrogen-bond donors (Lipinski definition) is 2. The lowest BCUT2D eigenvalue weighted by Crippen LogP contribution is -2.50. The quantitative estimate of drug-likeness (QED) is 0.723. The highest BCUT2D eigenvalue weighted by molar-refractivity contribution is 5.97. The van der Waals surface area contributed by atoms with Crippen LogP contribution in [-0.4, -0.2) is 53.3 Å². The first-order valence-electron chi connectivity index (χ1n) is 5.44. The zero-order chi connectivity index (χ0) is 12.3. The molecule has 2 rings (SSSR count). The Hall–Kier alpha value is -1.66. The van der Waals surface area contributed by atoms with Gasteiger partial charge < -0.3 is 20.5 Å². The van der Waals surface area contributed by atoms with Crippen LogP contribution in [0.4, 0.5) is 5.69 Å². The Bertz CT molecular complexity index is 411. The molecule has 1 aliphatic heterocycles. The first-order chi connectivity index (χ1) is 8.24. The van der Waals surface area contributed by atoms with Gasteiger partial charge in [0.25, 0.3) is 5.91 Å². The Kier molecular flexibility index (Phi) is 3.55. The zero-order valence-electron chi connectivity index (χ0n) is 9.37. The van der Waals surface area contributed by atoms with Gasteiger partial charge in [-0.2, -0.15) is 0 Å². The molecule has 3 N–H and O–H groups in total. The lowest BCUT2D eigenvalue weighted by molar-refractivity contribution is -0.0186. The minimum atomic E-state index is -0.322. The number of aliphatic hydroxyl groups is 1. The molecule has 1 fully saturated rings. The largest absolute Gasteiger partial charge is 0.397 e. The molecule has 1 aromatic heterocycles. The standard InChI is InChI=1S/C11H15N3O3/c12-9-2-1-3-13-10(9)11(16)14-4-5-17-7-8(14)6-15/h1-3,8,15H,4-7,12H2. The van der Waals surface area contributed by atoms with Crippen molar-refractivity contribution in [1.82, 2.24) is 9.88 Å². The summed E-state index contributed by atoms with van der Waals surface area (Å²) < 4.78 is 5.21. The van der Waals surface area contributed by atoms with E-state index in [1.165, 1.54) is 6.20 Å². The van der Waals surface area contributed by atoms with Crippen molar-refractivity contribution in [3.63, 3.8) is 0 Å². The molecule has 0 spiro atoms. The summed E-state index contributed by atoms with van der Waals surface area (Å²) >= 11 is 0. The maximum Gasteiger partial charge on any atom is 0.275 e. The molecule has 0 aliphatic carbocycles. The van der Waals surface area contributed by atoms with Gasteiger partial charge in [-0.15, -0.1) is 0 Å². The minimum absolute atomic E-state index is 0.127. The van der Waals surface area contributed by atoms with Crippen molar-refractivity contribution in [2.24, 2.45) is 0 Å². The third kappa shape index (κ3) is 2.37. The molecule has 92 valence electrons. The fraction of sp³-hybridized carbons (Fsp3) is 0.455. The van der Waals surface area contributed by atoms with Gasteiger partial charge in [0.05, 0.1) is 31.5 Å². The van der Waals surface area contributed by atoms with Gasteiger partial charge in [-0.05, 0) is 12.1 Å². The molecule has 1 unspecified atom stereocenters. The average molecular weight is 237 g/mol. The molecule has 0 radical (unpaired) electrons. The van der Waals surface area contributed by atoms with Crippen LogP contribution in [0, 0.1) is 0 Å². The van der Waals surface area contributed by atoms with Crippen LogP contribution in [0.2, 0.25) is 0 Å². The Morgan fingerprint density at radius 1 is 1.71 bits per heavy atom. The number of ether oxygens (including phenoxy) is 1. The summed E-state index contributed by atoms with van der Waals surface area (Å²) in [6, 6.07) is 2.99. The van der Waals surface area contributed by atoms with E-state index in [-0.39, 0.29) is 24.2 Å². The summed E-state index contributed by atoms with van der Waals surface area (Å²) in [4.78, 5) is 17.7. The lowest BCUT2D eigenvalue weighted by Gasteiger charge is -2.34. The second-order valence-electron chi connectivity index (χ2n) is 3.85. The Morgan fingerprint density at radius 2 is 2.53 bits per heavy atom. The van der Waals surface area contributed by atoms with Gasteiger partial charge in [0.15, 0.2) is 5.69 Å². The van der Waals surface area contributed by atoms with Crippen molar-refractivity contribution >= 4 is 11.6 Å².